The van der Waals surface area contributed by atoms with Crippen molar-refractivity contribution in [3.05, 3.63) is 22.7 Å². The molecule has 0 aromatic heterocycles. The Morgan fingerprint density at radius 1 is 1.33 bits per heavy atom. The third-order valence-corrected chi connectivity index (χ3v) is 4.60. The van der Waals surface area contributed by atoms with Gasteiger partial charge in [0, 0.05) is 18.4 Å². The van der Waals surface area contributed by atoms with E-state index in [0.29, 0.717) is 36.2 Å². The average Bonchev–Trinajstić information content (AvgIpc) is 2.68. The zero-order chi connectivity index (χ0) is 14.9. The van der Waals surface area contributed by atoms with E-state index >= 15 is 0 Å². The molecule has 5 heteroatoms. The average molecular weight is 310 g/mol. The minimum atomic E-state index is -0.153. The second-order valence-corrected chi connectivity index (χ2v) is 6.22. The first-order valence-electron chi connectivity index (χ1n) is 7.51. The Morgan fingerprint density at radius 2 is 2.14 bits per heavy atom. The Bertz CT molecular complexity index is 561. The molecule has 1 N–H and O–H groups in total. The van der Waals surface area contributed by atoms with Gasteiger partial charge in [0.2, 0.25) is 5.91 Å². The lowest BCUT2D eigenvalue weighted by Crippen LogP contribution is -2.42. The lowest BCUT2D eigenvalue weighted by atomic mass is 9.87. The van der Waals surface area contributed by atoms with Crippen molar-refractivity contribution in [1.82, 2.24) is 5.32 Å². The number of hydrogen-bond donors (Lipinski definition) is 1. The Kier molecular flexibility index (Phi) is 3.98. The van der Waals surface area contributed by atoms with Gasteiger partial charge in [-0.2, -0.15) is 0 Å². The second-order valence-electron chi connectivity index (χ2n) is 5.81. The molecular weight excluding hydrogens is 290 g/mol. The van der Waals surface area contributed by atoms with Crippen molar-refractivity contribution in [3.8, 4) is 11.5 Å². The summed E-state index contributed by atoms with van der Waals surface area (Å²) in [4.78, 5) is 11.6. The van der Waals surface area contributed by atoms with Crippen molar-refractivity contribution in [1.29, 1.82) is 0 Å². The van der Waals surface area contributed by atoms with Crippen LogP contribution in [0.15, 0.2) is 12.1 Å². The highest BCUT2D eigenvalue weighted by atomic mass is 35.5. The Balaban J connectivity index is 1.87. The van der Waals surface area contributed by atoms with Gasteiger partial charge in [-0.05, 0) is 37.0 Å². The number of carbonyl (C=O) groups excluding carboxylic acids is 1. The maximum absolute atomic E-state index is 11.6. The van der Waals surface area contributed by atoms with E-state index in [1.54, 1.807) is 0 Å². The van der Waals surface area contributed by atoms with E-state index in [1.165, 1.54) is 0 Å². The Morgan fingerprint density at radius 3 is 2.86 bits per heavy atom. The summed E-state index contributed by atoms with van der Waals surface area (Å²) in [6.07, 6.45) is 4.01. The van der Waals surface area contributed by atoms with E-state index in [2.05, 4.69) is 12.2 Å². The van der Waals surface area contributed by atoms with Gasteiger partial charge in [0.25, 0.3) is 0 Å². The molecule has 2 heterocycles. The van der Waals surface area contributed by atoms with Crippen molar-refractivity contribution in [2.24, 2.45) is 0 Å². The number of halogens is 1. The van der Waals surface area contributed by atoms with Gasteiger partial charge in [0.15, 0.2) is 11.5 Å². The molecule has 114 valence electrons. The van der Waals surface area contributed by atoms with E-state index in [1.807, 2.05) is 12.1 Å². The van der Waals surface area contributed by atoms with Crippen LogP contribution in [-0.2, 0) is 11.2 Å². The molecule has 1 saturated heterocycles. The highest BCUT2D eigenvalue weighted by Crippen LogP contribution is 2.39. The van der Waals surface area contributed by atoms with Crippen molar-refractivity contribution >= 4 is 17.5 Å². The number of carbonyl (C=O) groups is 1. The van der Waals surface area contributed by atoms with Crippen LogP contribution in [0.5, 0.6) is 11.5 Å². The van der Waals surface area contributed by atoms with E-state index in [4.69, 9.17) is 21.1 Å². The van der Waals surface area contributed by atoms with Crippen LogP contribution in [0, 0.1) is 0 Å². The van der Waals surface area contributed by atoms with Crippen LogP contribution in [0.4, 0.5) is 0 Å². The second kappa shape index (κ2) is 5.76. The molecule has 1 amide bonds. The SMILES string of the molecule is CCC1(Cc2cc(Cl)c3c(c2)OCCCO3)CCC(=O)N1. The summed E-state index contributed by atoms with van der Waals surface area (Å²) in [5, 5.41) is 3.71. The number of amides is 1. The number of ether oxygens (including phenoxy) is 2. The predicted octanol–water partition coefficient (Wildman–Crippen LogP) is 3.10. The summed E-state index contributed by atoms with van der Waals surface area (Å²) in [6, 6.07) is 3.92. The van der Waals surface area contributed by atoms with Gasteiger partial charge in [-0.3, -0.25) is 4.79 Å². The fourth-order valence-corrected chi connectivity index (χ4v) is 3.36. The number of nitrogens with one attached hydrogen (secondary N) is 1. The van der Waals surface area contributed by atoms with Gasteiger partial charge in [-0.15, -0.1) is 0 Å². The van der Waals surface area contributed by atoms with Gasteiger partial charge >= 0.3 is 0 Å². The molecule has 0 saturated carbocycles. The monoisotopic (exact) mass is 309 g/mol. The van der Waals surface area contributed by atoms with Crippen LogP contribution in [0.2, 0.25) is 5.02 Å². The molecule has 0 bridgehead atoms. The molecule has 1 unspecified atom stereocenters. The van der Waals surface area contributed by atoms with E-state index < -0.39 is 0 Å². The number of fused-ring (bicyclic) bond motifs is 1. The van der Waals surface area contributed by atoms with Crippen molar-refractivity contribution in [3.63, 3.8) is 0 Å². The maximum atomic E-state index is 11.6. The van der Waals surface area contributed by atoms with Crippen LogP contribution >= 0.6 is 11.6 Å². The number of benzene rings is 1. The molecule has 2 aliphatic rings. The highest BCUT2D eigenvalue weighted by molar-refractivity contribution is 6.32. The van der Waals surface area contributed by atoms with Crippen LogP contribution < -0.4 is 14.8 Å². The number of rotatable bonds is 3. The summed E-state index contributed by atoms with van der Waals surface area (Å²) in [5.74, 6) is 1.49. The first-order valence-corrected chi connectivity index (χ1v) is 7.89. The standard InChI is InChI=1S/C16H20ClNO3/c1-2-16(5-4-14(19)18-16)10-11-8-12(17)15-13(9-11)20-6-3-7-21-15/h8-9H,2-7,10H2,1H3,(H,18,19). The molecule has 3 rings (SSSR count). The molecule has 1 aromatic carbocycles. The maximum Gasteiger partial charge on any atom is 0.220 e. The van der Waals surface area contributed by atoms with Gasteiger partial charge in [-0.1, -0.05) is 18.5 Å². The van der Waals surface area contributed by atoms with Gasteiger partial charge in [0.1, 0.15) is 0 Å². The largest absolute Gasteiger partial charge is 0.489 e. The molecule has 1 fully saturated rings. The summed E-state index contributed by atoms with van der Waals surface area (Å²) in [5.41, 5.74) is 0.925. The van der Waals surface area contributed by atoms with Crippen LogP contribution in [0.1, 0.15) is 38.2 Å². The molecular formula is C16H20ClNO3. The van der Waals surface area contributed by atoms with Gasteiger partial charge in [-0.25, -0.2) is 0 Å². The molecule has 21 heavy (non-hydrogen) atoms. The van der Waals surface area contributed by atoms with Gasteiger partial charge in [0.05, 0.1) is 18.2 Å². The van der Waals surface area contributed by atoms with Crippen molar-refractivity contribution in [2.45, 2.75) is 44.6 Å². The van der Waals surface area contributed by atoms with E-state index in [9.17, 15) is 4.79 Å². The predicted molar refractivity (Wildman–Crippen MR) is 81.2 cm³/mol. The molecule has 4 nitrogen and oxygen atoms in total. The fourth-order valence-electron chi connectivity index (χ4n) is 3.07. The van der Waals surface area contributed by atoms with Crippen LogP contribution in [0.3, 0.4) is 0 Å². The number of hydrogen-bond acceptors (Lipinski definition) is 3. The third kappa shape index (κ3) is 2.95. The summed E-state index contributed by atoms with van der Waals surface area (Å²) in [6.45, 7) is 3.37. The smallest absolute Gasteiger partial charge is 0.220 e. The first kappa shape index (κ1) is 14.5. The summed E-state index contributed by atoms with van der Waals surface area (Å²) >= 11 is 6.33. The normalized spacial score (nSPS) is 24.6. The molecule has 0 radical (unpaired) electrons. The molecule has 2 aliphatic heterocycles. The minimum absolute atomic E-state index is 0.136. The van der Waals surface area contributed by atoms with Crippen molar-refractivity contribution < 1.29 is 14.3 Å². The summed E-state index contributed by atoms with van der Waals surface area (Å²) in [7, 11) is 0. The molecule has 0 aliphatic carbocycles. The fraction of sp³-hybridized carbons (Fsp3) is 0.562. The molecule has 1 aromatic rings. The van der Waals surface area contributed by atoms with E-state index in [-0.39, 0.29) is 11.4 Å². The first-order chi connectivity index (χ1) is 10.1. The Hall–Kier alpha value is -1.42. The summed E-state index contributed by atoms with van der Waals surface area (Å²) < 4.78 is 11.4. The zero-order valence-electron chi connectivity index (χ0n) is 12.2. The Labute approximate surface area is 129 Å². The van der Waals surface area contributed by atoms with Crippen molar-refractivity contribution in [2.75, 3.05) is 13.2 Å². The molecule has 0 spiro atoms. The van der Waals surface area contributed by atoms with Crippen LogP contribution in [0.25, 0.3) is 0 Å². The highest BCUT2D eigenvalue weighted by Gasteiger charge is 2.36. The minimum Gasteiger partial charge on any atom is -0.489 e. The van der Waals surface area contributed by atoms with Gasteiger partial charge < -0.3 is 14.8 Å². The molecule has 1 atom stereocenters. The van der Waals surface area contributed by atoms with E-state index in [0.717, 1.165) is 31.2 Å². The lowest BCUT2D eigenvalue weighted by molar-refractivity contribution is -0.119. The topological polar surface area (TPSA) is 47.6 Å². The van der Waals surface area contributed by atoms with Crippen LogP contribution in [-0.4, -0.2) is 24.7 Å². The third-order valence-electron chi connectivity index (χ3n) is 4.32. The zero-order valence-corrected chi connectivity index (χ0v) is 13.0. The lowest BCUT2D eigenvalue weighted by Gasteiger charge is -2.28. The quantitative estimate of drug-likeness (QED) is 0.933.